The molecule has 0 bridgehead atoms. The quantitative estimate of drug-likeness (QED) is 0.718. The first-order valence-corrected chi connectivity index (χ1v) is 5.76. The van der Waals surface area contributed by atoms with Crippen molar-refractivity contribution in [1.82, 2.24) is 4.98 Å². The largest absolute Gasteiger partial charge is 1.00 e. The Morgan fingerprint density at radius 1 is 1.53 bits per heavy atom. The summed E-state index contributed by atoms with van der Waals surface area (Å²) in [5.74, 6) is 0. The molecular formula is C13H21KN2O3. The Morgan fingerprint density at radius 3 is 2.42 bits per heavy atom. The molecule has 0 unspecified atom stereocenters. The van der Waals surface area contributed by atoms with Crippen molar-refractivity contribution in [2.75, 3.05) is 12.4 Å². The first-order chi connectivity index (χ1) is 8.30. The predicted octanol–water partition coefficient (Wildman–Crippen LogP) is -0.892. The number of hydrogen-bond donors (Lipinski definition) is 1. The van der Waals surface area contributed by atoms with Crippen molar-refractivity contribution < 1.29 is 66.0 Å². The maximum absolute atomic E-state index is 10.8. The van der Waals surface area contributed by atoms with E-state index in [2.05, 4.69) is 15.0 Å². The summed E-state index contributed by atoms with van der Waals surface area (Å²) >= 11 is 0. The Kier molecular flexibility index (Phi) is 12.1. The molecule has 1 aromatic rings. The van der Waals surface area contributed by atoms with Crippen LogP contribution in [0.4, 0.5) is 10.5 Å². The molecule has 0 saturated carbocycles. The van der Waals surface area contributed by atoms with E-state index in [1.165, 1.54) is 7.11 Å². The number of rotatable bonds is 2. The molecule has 6 heteroatoms. The van der Waals surface area contributed by atoms with Gasteiger partial charge in [0.05, 0.1) is 19.0 Å². The van der Waals surface area contributed by atoms with Gasteiger partial charge in [0.2, 0.25) is 0 Å². The van der Waals surface area contributed by atoms with Gasteiger partial charge in [0.15, 0.2) is 0 Å². The van der Waals surface area contributed by atoms with Gasteiger partial charge < -0.3 is 9.84 Å². The number of ether oxygens (including phenoxy) is 1. The second-order valence-electron chi connectivity index (χ2n) is 4.42. The van der Waals surface area contributed by atoms with E-state index in [4.69, 9.17) is 0 Å². The predicted molar refractivity (Wildman–Crippen MR) is 69.4 cm³/mol. The molecule has 1 aromatic heterocycles. The van der Waals surface area contributed by atoms with Crippen molar-refractivity contribution in [2.45, 2.75) is 39.7 Å². The van der Waals surface area contributed by atoms with Crippen LogP contribution in [0.5, 0.6) is 0 Å². The third-order valence-corrected chi connectivity index (χ3v) is 2.31. The zero-order chi connectivity index (χ0) is 14.2. The molecular weight excluding hydrogens is 271 g/mol. The number of carbonyl (C=O) groups is 1. The maximum atomic E-state index is 10.8. The molecule has 0 saturated heterocycles. The third-order valence-electron chi connectivity index (χ3n) is 2.31. The molecule has 19 heavy (non-hydrogen) atoms. The van der Waals surface area contributed by atoms with E-state index in [1.807, 2.05) is 19.9 Å². The summed E-state index contributed by atoms with van der Waals surface area (Å²) in [5, 5.41) is 13.0. The number of hydrogen-bond acceptors (Lipinski definition) is 4. The first kappa shape index (κ1) is 21.3. The number of methoxy groups -OCH3 is 1. The first-order valence-electron chi connectivity index (χ1n) is 5.76. The summed E-state index contributed by atoms with van der Waals surface area (Å²) in [7, 11) is 1.32. The van der Waals surface area contributed by atoms with Crippen molar-refractivity contribution in [3.63, 3.8) is 0 Å². The van der Waals surface area contributed by atoms with E-state index >= 15 is 0 Å². The van der Waals surface area contributed by atoms with E-state index in [1.54, 1.807) is 26.2 Å². The van der Waals surface area contributed by atoms with Gasteiger partial charge in [-0.3, -0.25) is 10.3 Å². The summed E-state index contributed by atoms with van der Waals surface area (Å²) in [6.45, 7) is 7.15. The Hall–Kier alpha value is 0.0164. The molecule has 102 valence electrons. The summed E-state index contributed by atoms with van der Waals surface area (Å²) < 4.78 is 4.43. The summed E-state index contributed by atoms with van der Waals surface area (Å²) in [6.07, 6.45) is 3.47. The van der Waals surface area contributed by atoms with Crippen molar-refractivity contribution in [3.05, 3.63) is 24.0 Å². The summed E-state index contributed by atoms with van der Waals surface area (Å²) in [5.41, 5.74) is 0.916. The summed E-state index contributed by atoms with van der Waals surface area (Å²) in [4.78, 5) is 14.6. The van der Waals surface area contributed by atoms with Crippen molar-refractivity contribution in [1.29, 1.82) is 0 Å². The number of nitrogens with zero attached hydrogens (tertiary/aromatic N) is 1. The van der Waals surface area contributed by atoms with Crippen molar-refractivity contribution in [2.24, 2.45) is 0 Å². The van der Waals surface area contributed by atoms with Crippen LogP contribution in [-0.4, -0.2) is 23.8 Å². The minimum absolute atomic E-state index is 0. The van der Waals surface area contributed by atoms with Crippen molar-refractivity contribution in [3.8, 4) is 0 Å². The molecule has 0 radical (unpaired) electrons. The second-order valence-corrected chi connectivity index (χ2v) is 4.42. The molecule has 1 heterocycles. The minimum atomic E-state index is -0.708. The number of pyridine rings is 1. The monoisotopic (exact) mass is 292 g/mol. The van der Waals surface area contributed by atoms with E-state index < -0.39 is 11.7 Å². The van der Waals surface area contributed by atoms with E-state index in [-0.39, 0.29) is 51.4 Å². The van der Waals surface area contributed by atoms with Crippen LogP contribution in [0.15, 0.2) is 18.5 Å². The molecule has 1 rings (SSSR count). The molecule has 0 aliphatic heterocycles. The Bertz CT molecular complexity index is 378. The molecule has 0 fully saturated rings. The Morgan fingerprint density at radius 2 is 2.05 bits per heavy atom. The Balaban J connectivity index is 0. The van der Waals surface area contributed by atoms with E-state index in [0.717, 1.165) is 5.56 Å². The fourth-order valence-corrected chi connectivity index (χ4v) is 0.756. The van der Waals surface area contributed by atoms with Crippen LogP contribution < -0.4 is 61.8 Å². The summed E-state index contributed by atoms with van der Waals surface area (Å²) in [6, 6.07) is 1.81. The molecule has 0 aliphatic carbocycles. The smallest absolute Gasteiger partial charge is 0.850 e. The van der Waals surface area contributed by atoms with Crippen molar-refractivity contribution >= 4 is 11.8 Å². The minimum Gasteiger partial charge on any atom is -0.850 e. The average Bonchev–Trinajstić information content (AvgIpc) is 2.32. The van der Waals surface area contributed by atoms with Gasteiger partial charge in [-0.05, 0) is 18.6 Å². The molecule has 0 spiro atoms. The topological polar surface area (TPSA) is 74.3 Å². The second kappa shape index (κ2) is 10.8. The normalized spacial score (nSPS) is 9.58. The van der Waals surface area contributed by atoms with Gasteiger partial charge in [-0.25, -0.2) is 4.79 Å². The molecule has 0 aliphatic rings. The van der Waals surface area contributed by atoms with Crippen LogP contribution in [0.1, 0.15) is 32.8 Å². The number of amides is 1. The molecule has 1 amide bonds. The van der Waals surface area contributed by atoms with Gasteiger partial charge in [0.25, 0.3) is 0 Å². The number of aromatic nitrogens is 1. The van der Waals surface area contributed by atoms with Gasteiger partial charge in [0.1, 0.15) is 0 Å². The fraction of sp³-hybridized carbons (Fsp3) is 0.538. The van der Waals surface area contributed by atoms with Crippen LogP contribution in [0.25, 0.3) is 0 Å². The number of carbonyl (C=O) groups excluding carboxylic acids is 1. The number of nitrogens with one attached hydrogen (secondary N) is 1. The molecule has 0 atom stereocenters. The molecule has 5 nitrogen and oxygen atoms in total. The van der Waals surface area contributed by atoms with Gasteiger partial charge in [-0.2, -0.15) is 0 Å². The van der Waals surface area contributed by atoms with Crippen LogP contribution in [-0.2, 0) is 4.74 Å². The van der Waals surface area contributed by atoms with Gasteiger partial charge in [0, 0.05) is 6.20 Å². The fourth-order valence-electron chi connectivity index (χ4n) is 0.756. The van der Waals surface area contributed by atoms with Crippen LogP contribution >= 0.6 is 0 Å². The maximum Gasteiger partial charge on any atom is 1.00 e. The van der Waals surface area contributed by atoms with E-state index in [9.17, 15) is 9.90 Å². The van der Waals surface area contributed by atoms with Crippen LogP contribution in [0.2, 0.25) is 0 Å². The molecule has 0 aromatic carbocycles. The number of aryl methyl sites for hydroxylation is 1. The third kappa shape index (κ3) is 11.5. The molecule has 1 N–H and O–H groups in total. The van der Waals surface area contributed by atoms with Gasteiger partial charge in [-0.1, -0.05) is 27.2 Å². The van der Waals surface area contributed by atoms with E-state index in [0.29, 0.717) is 12.1 Å². The van der Waals surface area contributed by atoms with Gasteiger partial charge in [-0.15, -0.1) is 5.60 Å². The Labute approximate surface area is 157 Å². The average molecular weight is 292 g/mol. The SMILES string of the molecule is CCC(C)(C)[O-].COC(=O)Nc1cnccc1C.[K+]. The van der Waals surface area contributed by atoms with Crippen LogP contribution in [0.3, 0.4) is 0 Å². The van der Waals surface area contributed by atoms with Crippen LogP contribution in [0, 0.1) is 6.92 Å². The van der Waals surface area contributed by atoms with Gasteiger partial charge >= 0.3 is 57.5 Å². The zero-order valence-corrected chi connectivity index (χ0v) is 15.7. The number of anilines is 1. The zero-order valence-electron chi connectivity index (χ0n) is 12.6. The standard InChI is InChI=1S/C8H10N2O2.C5H11O.K/c1-6-3-4-9-5-7(6)10-8(11)12-2;1-4-5(2,3)6;/h3-5H,1-2H3,(H,10,11);4H2,1-3H3;/q;-1;+1.